The van der Waals surface area contributed by atoms with Gasteiger partial charge in [0.2, 0.25) is 0 Å². The van der Waals surface area contributed by atoms with E-state index in [4.69, 9.17) is 0 Å². The van der Waals surface area contributed by atoms with Crippen molar-refractivity contribution < 1.29 is 20.1 Å². The van der Waals surface area contributed by atoms with E-state index < -0.39 is 5.92 Å². The molecule has 0 amide bonds. The van der Waals surface area contributed by atoms with Gasteiger partial charge in [-0.3, -0.25) is 4.79 Å². The van der Waals surface area contributed by atoms with Crippen LogP contribution < -0.4 is 0 Å². The molecule has 1 aromatic carbocycles. The highest BCUT2D eigenvalue weighted by molar-refractivity contribution is 5.94. The lowest BCUT2D eigenvalue weighted by Gasteiger charge is -2.20. The van der Waals surface area contributed by atoms with E-state index in [0.717, 1.165) is 31.2 Å². The van der Waals surface area contributed by atoms with Gasteiger partial charge in [0.05, 0.1) is 5.92 Å². The minimum atomic E-state index is -0.529. The van der Waals surface area contributed by atoms with E-state index in [2.05, 4.69) is 6.92 Å². The third-order valence-corrected chi connectivity index (χ3v) is 4.70. The minimum Gasteiger partial charge on any atom is -0.511 e. The van der Waals surface area contributed by atoms with Crippen molar-refractivity contribution in [2.24, 2.45) is 5.92 Å². The Hall–Kier alpha value is -1.97. The van der Waals surface area contributed by atoms with Crippen molar-refractivity contribution in [1.29, 1.82) is 0 Å². The van der Waals surface area contributed by atoms with Gasteiger partial charge in [-0.05, 0) is 49.8 Å². The second-order valence-electron chi connectivity index (χ2n) is 6.58. The molecular weight excluding hydrogens is 292 g/mol. The van der Waals surface area contributed by atoms with Gasteiger partial charge >= 0.3 is 0 Å². The Balaban J connectivity index is 2.35. The average molecular weight is 318 g/mol. The molecule has 4 nitrogen and oxygen atoms in total. The molecule has 4 heteroatoms. The number of hydrogen-bond donors (Lipinski definition) is 3. The van der Waals surface area contributed by atoms with E-state index in [1.54, 1.807) is 12.1 Å². The zero-order valence-corrected chi connectivity index (χ0v) is 14.1. The fourth-order valence-corrected chi connectivity index (χ4v) is 3.47. The highest BCUT2D eigenvalue weighted by Gasteiger charge is 2.38. The molecule has 23 heavy (non-hydrogen) atoms. The molecule has 0 bridgehead atoms. The number of hydrogen-bond acceptors (Lipinski definition) is 4. The highest BCUT2D eigenvalue weighted by atomic mass is 16.3. The maximum absolute atomic E-state index is 11.6. The molecule has 0 saturated carbocycles. The molecule has 0 spiro atoms. The van der Waals surface area contributed by atoms with Crippen LogP contribution >= 0.6 is 0 Å². The fraction of sp³-hybridized carbons (Fsp3) is 0.526. The maximum Gasteiger partial charge on any atom is 0.159 e. The minimum absolute atomic E-state index is 0.00954. The van der Waals surface area contributed by atoms with Gasteiger partial charge in [-0.15, -0.1) is 0 Å². The van der Waals surface area contributed by atoms with Crippen LogP contribution in [0.25, 0.3) is 0 Å². The van der Waals surface area contributed by atoms with Crippen molar-refractivity contribution in [2.45, 2.75) is 58.8 Å². The van der Waals surface area contributed by atoms with Crippen molar-refractivity contribution in [3.8, 4) is 11.5 Å². The molecule has 0 saturated heterocycles. The number of aliphatic hydroxyl groups excluding tert-OH is 1. The normalized spacial score (nSPS) is 21.0. The molecule has 0 fully saturated rings. The summed E-state index contributed by atoms with van der Waals surface area (Å²) < 4.78 is 0. The Labute approximate surface area is 137 Å². The molecule has 2 atom stereocenters. The van der Waals surface area contributed by atoms with Crippen LogP contribution in [0, 0.1) is 5.92 Å². The third-order valence-electron chi connectivity index (χ3n) is 4.70. The van der Waals surface area contributed by atoms with Crippen molar-refractivity contribution in [2.75, 3.05) is 0 Å². The SMILES string of the molecule is CCCCCc1cc(O)c([C@@H]2C(O)=C(C(C)=O)C[C@H]2C)c(O)c1. The number of aryl methyl sites for hydroxylation is 1. The maximum atomic E-state index is 11.6. The van der Waals surface area contributed by atoms with Crippen LogP contribution in [0.1, 0.15) is 63.5 Å². The van der Waals surface area contributed by atoms with E-state index in [1.165, 1.54) is 6.92 Å². The van der Waals surface area contributed by atoms with Crippen molar-refractivity contribution in [3.63, 3.8) is 0 Å². The number of phenolic OH excluding ortho intramolecular Hbond substituents is 2. The first kappa shape index (κ1) is 17.4. The number of benzene rings is 1. The Morgan fingerprint density at radius 1 is 1.17 bits per heavy atom. The van der Waals surface area contributed by atoms with Crippen LogP contribution in [0.4, 0.5) is 0 Å². The van der Waals surface area contributed by atoms with Crippen LogP contribution in [0.3, 0.4) is 0 Å². The lowest BCUT2D eigenvalue weighted by molar-refractivity contribution is -0.113. The summed E-state index contributed by atoms with van der Waals surface area (Å²) in [6, 6.07) is 3.33. The van der Waals surface area contributed by atoms with Gasteiger partial charge in [0.15, 0.2) is 5.78 Å². The van der Waals surface area contributed by atoms with Crippen molar-refractivity contribution in [3.05, 3.63) is 34.6 Å². The van der Waals surface area contributed by atoms with Crippen LogP contribution in [0.2, 0.25) is 0 Å². The number of aromatic hydroxyl groups is 2. The molecule has 1 aliphatic rings. The van der Waals surface area contributed by atoms with Gasteiger partial charge in [-0.1, -0.05) is 26.7 Å². The molecule has 0 radical (unpaired) electrons. The lowest BCUT2D eigenvalue weighted by atomic mass is 9.87. The van der Waals surface area contributed by atoms with Gasteiger partial charge in [0.1, 0.15) is 17.3 Å². The van der Waals surface area contributed by atoms with Crippen molar-refractivity contribution >= 4 is 5.78 Å². The number of carbonyl (C=O) groups excluding carboxylic acids is 1. The summed E-state index contributed by atoms with van der Waals surface area (Å²) in [6.45, 7) is 5.46. The molecule has 0 aliphatic heterocycles. The molecule has 1 aromatic rings. The Kier molecular flexibility index (Phi) is 5.34. The lowest BCUT2D eigenvalue weighted by Crippen LogP contribution is -2.07. The van der Waals surface area contributed by atoms with Gasteiger partial charge in [0, 0.05) is 11.1 Å². The Bertz CT molecular complexity index is 607. The zero-order valence-electron chi connectivity index (χ0n) is 14.1. The van der Waals surface area contributed by atoms with Crippen LogP contribution in [-0.4, -0.2) is 21.1 Å². The number of phenols is 2. The number of unbranched alkanes of at least 4 members (excludes halogenated alkanes) is 2. The summed E-state index contributed by atoms with van der Waals surface area (Å²) in [5.41, 5.74) is 1.61. The van der Waals surface area contributed by atoms with Gasteiger partial charge < -0.3 is 15.3 Å². The second kappa shape index (κ2) is 7.07. The average Bonchev–Trinajstić information content (AvgIpc) is 2.75. The Morgan fingerprint density at radius 3 is 2.26 bits per heavy atom. The van der Waals surface area contributed by atoms with Gasteiger partial charge in [-0.2, -0.15) is 0 Å². The summed E-state index contributed by atoms with van der Waals surface area (Å²) in [5, 5.41) is 31.1. The first-order chi connectivity index (χ1) is 10.9. The van der Waals surface area contributed by atoms with Gasteiger partial charge in [0.25, 0.3) is 0 Å². The number of aliphatic hydroxyl groups is 1. The van der Waals surface area contributed by atoms with E-state index in [0.29, 0.717) is 17.6 Å². The molecular formula is C19H26O4. The summed E-state index contributed by atoms with van der Waals surface area (Å²) in [6.07, 6.45) is 4.49. The van der Waals surface area contributed by atoms with Crippen LogP contribution in [0.15, 0.2) is 23.5 Å². The van der Waals surface area contributed by atoms with Crippen LogP contribution in [0.5, 0.6) is 11.5 Å². The summed E-state index contributed by atoms with van der Waals surface area (Å²) in [4.78, 5) is 11.6. The first-order valence-corrected chi connectivity index (χ1v) is 8.34. The topological polar surface area (TPSA) is 77.8 Å². The smallest absolute Gasteiger partial charge is 0.159 e. The Morgan fingerprint density at radius 2 is 1.78 bits per heavy atom. The standard InChI is InChI=1S/C19H26O4/c1-4-5-6-7-13-9-15(21)18(16(22)10-13)17-11(2)8-14(12(3)20)19(17)23/h9-11,17,21-23H,4-8H2,1-3H3/t11-,17-/m1/s1. The predicted octanol–water partition coefficient (Wildman–Crippen LogP) is 4.36. The molecule has 3 N–H and O–H groups in total. The fourth-order valence-electron chi connectivity index (χ4n) is 3.47. The number of rotatable bonds is 6. The van der Waals surface area contributed by atoms with E-state index in [-0.39, 0.29) is 29.0 Å². The second-order valence-corrected chi connectivity index (χ2v) is 6.58. The molecule has 2 rings (SSSR count). The highest BCUT2D eigenvalue weighted by Crippen LogP contribution is 2.48. The number of allylic oxidation sites excluding steroid dienone is 2. The summed E-state index contributed by atoms with van der Waals surface area (Å²) >= 11 is 0. The molecule has 0 unspecified atom stereocenters. The summed E-state index contributed by atoms with van der Waals surface area (Å²) in [7, 11) is 0. The van der Waals surface area contributed by atoms with E-state index in [1.807, 2.05) is 6.92 Å². The monoisotopic (exact) mass is 318 g/mol. The van der Waals surface area contributed by atoms with E-state index in [9.17, 15) is 20.1 Å². The van der Waals surface area contributed by atoms with Crippen LogP contribution in [-0.2, 0) is 11.2 Å². The number of carbonyl (C=O) groups is 1. The number of ketones is 1. The van der Waals surface area contributed by atoms with E-state index >= 15 is 0 Å². The first-order valence-electron chi connectivity index (χ1n) is 8.34. The molecule has 0 aromatic heterocycles. The quantitative estimate of drug-likeness (QED) is 0.681. The van der Waals surface area contributed by atoms with Gasteiger partial charge in [-0.25, -0.2) is 0 Å². The molecule has 0 heterocycles. The number of Topliss-reactive ketones (excluding diaryl/α,β-unsaturated/α-hetero) is 1. The molecule has 1 aliphatic carbocycles. The zero-order chi connectivity index (χ0) is 17.1. The van der Waals surface area contributed by atoms with Crippen molar-refractivity contribution in [1.82, 2.24) is 0 Å². The molecule has 126 valence electrons. The third kappa shape index (κ3) is 3.52. The summed E-state index contributed by atoms with van der Waals surface area (Å²) in [5.74, 6) is -0.772. The predicted molar refractivity (Wildman–Crippen MR) is 89.9 cm³/mol. The largest absolute Gasteiger partial charge is 0.511 e.